The van der Waals surface area contributed by atoms with E-state index in [1.165, 1.54) is 18.6 Å². The molecule has 1 aromatic rings. The van der Waals surface area contributed by atoms with E-state index in [9.17, 15) is 20.0 Å². The first-order chi connectivity index (χ1) is 9.50. The maximum absolute atomic E-state index is 11.2. The maximum Gasteiger partial charge on any atom is 0.310 e. The van der Waals surface area contributed by atoms with E-state index in [-0.39, 0.29) is 5.69 Å². The summed E-state index contributed by atoms with van der Waals surface area (Å²) in [6, 6.07) is 4.52. The lowest BCUT2D eigenvalue weighted by Gasteiger charge is -2.31. The van der Waals surface area contributed by atoms with E-state index in [4.69, 9.17) is 0 Å². The fraction of sp³-hybridized carbons (Fsp3) is 0.500. The Morgan fingerprint density at radius 3 is 2.55 bits per heavy atom. The zero-order valence-corrected chi connectivity index (χ0v) is 11.4. The van der Waals surface area contributed by atoms with E-state index in [1.54, 1.807) is 13.0 Å². The van der Waals surface area contributed by atoms with Crippen LogP contribution in [0.4, 0.5) is 11.4 Å². The monoisotopic (exact) mass is 278 g/mol. The lowest BCUT2D eigenvalue weighted by atomic mass is 9.97. The van der Waals surface area contributed by atoms with Gasteiger partial charge in [-0.05, 0) is 37.8 Å². The molecule has 0 saturated carbocycles. The maximum atomic E-state index is 11.2. The van der Waals surface area contributed by atoms with Crippen LogP contribution in [0.3, 0.4) is 0 Å². The van der Waals surface area contributed by atoms with Crippen molar-refractivity contribution in [2.24, 2.45) is 0 Å². The van der Waals surface area contributed by atoms with Gasteiger partial charge in [0, 0.05) is 30.9 Å². The highest BCUT2D eigenvalue weighted by Crippen LogP contribution is 2.33. The summed E-state index contributed by atoms with van der Waals surface area (Å²) in [4.78, 5) is 23.7. The summed E-state index contributed by atoms with van der Waals surface area (Å²) in [7, 11) is 0. The highest BCUT2D eigenvalue weighted by molar-refractivity contribution is 5.79. The second-order valence-electron chi connectivity index (χ2n) is 5.11. The fourth-order valence-electron chi connectivity index (χ4n) is 2.56. The van der Waals surface area contributed by atoms with Gasteiger partial charge in [0.25, 0.3) is 5.69 Å². The quantitative estimate of drug-likeness (QED) is 0.676. The summed E-state index contributed by atoms with van der Waals surface area (Å²) in [5, 5.41) is 20.1. The topological polar surface area (TPSA) is 83.7 Å². The van der Waals surface area contributed by atoms with Gasteiger partial charge in [-0.15, -0.1) is 0 Å². The number of rotatable bonds is 4. The highest BCUT2D eigenvalue weighted by atomic mass is 16.6. The second-order valence-corrected chi connectivity index (χ2v) is 5.11. The molecule has 1 aliphatic heterocycles. The Hall–Kier alpha value is -2.11. The Labute approximate surface area is 117 Å². The van der Waals surface area contributed by atoms with Crippen LogP contribution in [0.5, 0.6) is 0 Å². The molecule has 6 nitrogen and oxygen atoms in total. The van der Waals surface area contributed by atoms with Gasteiger partial charge in [-0.3, -0.25) is 14.9 Å². The molecule has 1 N–H and O–H groups in total. The number of hydrogen-bond donors (Lipinski definition) is 1. The molecule has 1 unspecified atom stereocenters. The van der Waals surface area contributed by atoms with Gasteiger partial charge < -0.3 is 10.0 Å². The summed E-state index contributed by atoms with van der Waals surface area (Å²) in [6.45, 7) is 3.31. The SMILES string of the molecule is CC(C(=O)O)c1cc([N+](=O)[O-])ccc1N1CCCCC1. The number of non-ortho nitro benzene ring substituents is 1. The van der Waals surface area contributed by atoms with Gasteiger partial charge in [0.2, 0.25) is 0 Å². The first kappa shape index (κ1) is 14.3. The van der Waals surface area contributed by atoms with Crippen molar-refractivity contribution in [2.45, 2.75) is 32.1 Å². The zero-order chi connectivity index (χ0) is 14.7. The molecular formula is C14H18N2O4. The number of carboxylic acids is 1. The Bertz CT molecular complexity index is 524. The van der Waals surface area contributed by atoms with E-state index in [1.807, 2.05) is 0 Å². The minimum Gasteiger partial charge on any atom is -0.481 e. The predicted molar refractivity (Wildman–Crippen MR) is 75.2 cm³/mol. The molecule has 0 amide bonds. The molecule has 108 valence electrons. The summed E-state index contributed by atoms with van der Waals surface area (Å²) in [5.41, 5.74) is 1.27. The van der Waals surface area contributed by atoms with Crippen LogP contribution in [-0.2, 0) is 4.79 Å². The van der Waals surface area contributed by atoms with Gasteiger partial charge in [-0.1, -0.05) is 0 Å². The number of anilines is 1. The number of carboxylic acid groups (broad SMARTS) is 1. The molecule has 1 fully saturated rings. The average Bonchev–Trinajstić information content (AvgIpc) is 2.46. The van der Waals surface area contributed by atoms with Crippen LogP contribution in [0.15, 0.2) is 18.2 Å². The Morgan fingerprint density at radius 1 is 1.35 bits per heavy atom. The van der Waals surface area contributed by atoms with Crippen molar-refractivity contribution in [1.82, 2.24) is 0 Å². The van der Waals surface area contributed by atoms with Crippen molar-refractivity contribution in [3.05, 3.63) is 33.9 Å². The third kappa shape index (κ3) is 2.89. The number of aliphatic carboxylic acids is 1. The van der Waals surface area contributed by atoms with Gasteiger partial charge in [-0.2, -0.15) is 0 Å². The summed E-state index contributed by atoms with van der Waals surface area (Å²) in [5.74, 6) is -1.73. The number of hydrogen-bond acceptors (Lipinski definition) is 4. The summed E-state index contributed by atoms with van der Waals surface area (Å²) in [6.07, 6.45) is 3.31. The molecule has 6 heteroatoms. The van der Waals surface area contributed by atoms with Crippen LogP contribution < -0.4 is 4.90 Å². The van der Waals surface area contributed by atoms with E-state index in [2.05, 4.69) is 4.90 Å². The molecule has 0 spiro atoms. The van der Waals surface area contributed by atoms with Gasteiger partial charge >= 0.3 is 5.97 Å². The first-order valence-electron chi connectivity index (χ1n) is 6.77. The van der Waals surface area contributed by atoms with Crippen LogP contribution in [0, 0.1) is 10.1 Å². The minimum atomic E-state index is -0.969. The minimum absolute atomic E-state index is 0.0612. The van der Waals surface area contributed by atoms with Crippen molar-refractivity contribution < 1.29 is 14.8 Å². The molecule has 0 bridgehead atoms. The van der Waals surface area contributed by atoms with Crippen molar-refractivity contribution in [1.29, 1.82) is 0 Å². The van der Waals surface area contributed by atoms with E-state index in [0.717, 1.165) is 31.6 Å². The highest BCUT2D eigenvalue weighted by Gasteiger charge is 2.24. The van der Waals surface area contributed by atoms with E-state index >= 15 is 0 Å². The molecule has 1 atom stereocenters. The second kappa shape index (κ2) is 5.90. The average molecular weight is 278 g/mol. The Kier molecular flexibility index (Phi) is 4.22. The molecule has 1 aromatic carbocycles. The van der Waals surface area contributed by atoms with Crippen LogP contribution in [-0.4, -0.2) is 29.1 Å². The first-order valence-corrected chi connectivity index (χ1v) is 6.77. The van der Waals surface area contributed by atoms with Crippen molar-refractivity contribution in [3.8, 4) is 0 Å². The molecular weight excluding hydrogens is 260 g/mol. The number of carbonyl (C=O) groups is 1. The summed E-state index contributed by atoms with van der Waals surface area (Å²) >= 11 is 0. The van der Waals surface area contributed by atoms with Crippen molar-refractivity contribution >= 4 is 17.3 Å². The smallest absolute Gasteiger partial charge is 0.310 e. The van der Waals surface area contributed by atoms with E-state index in [0.29, 0.717) is 5.56 Å². The third-order valence-corrected chi connectivity index (χ3v) is 3.76. The standard InChI is InChI=1S/C14H18N2O4/c1-10(14(17)18)12-9-11(16(19)20)5-6-13(12)15-7-3-2-4-8-15/h5-6,9-10H,2-4,7-8H2,1H3,(H,17,18). The fourth-order valence-corrected chi connectivity index (χ4v) is 2.56. The van der Waals surface area contributed by atoms with Crippen molar-refractivity contribution in [3.63, 3.8) is 0 Å². The number of nitrogens with zero attached hydrogens (tertiary/aromatic N) is 2. The number of piperidine rings is 1. The zero-order valence-electron chi connectivity index (χ0n) is 11.4. The normalized spacial score (nSPS) is 16.8. The third-order valence-electron chi connectivity index (χ3n) is 3.76. The molecule has 1 heterocycles. The molecule has 1 saturated heterocycles. The lowest BCUT2D eigenvalue weighted by molar-refractivity contribution is -0.384. The molecule has 2 rings (SSSR count). The molecule has 0 radical (unpaired) electrons. The van der Waals surface area contributed by atoms with Crippen LogP contribution in [0.1, 0.15) is 37.7 Å². The van der Waals surface area contributed by atoms with E-state index < -0.39 is 16.8 Å². The van der Waals surface area contributed by atoms with Crippen LogP contribution >= 0.6 is 0 Å². The molecule has 0 aliphatic carbocycles. The Morgan fingerprint density at radius 2 is 2.00 bits per heavy atom. The van der Waals surface area contributed by atoms with Crippen LogP contribution in [0.2, 0.25) is 0 Å². The van der Waals surface area contributed by atoms with Gasteiger partial charge in [0.05, 0.1) is 10.8 Å². The number of nitro benzene ring substituents is 1. The van der Waals surface area contributed by atoms with Crippen molar-refractivity contribution in [2.75, 3.05) is 18.0 Å². The molecule has 1 aliphatic rings. The number of nitro groups is 1. The molecule has 0 aromatic heterocycles. The van der Waals surface area contributed by atoms with Gasteiger partial charge in [0.1, 0.15) is 0 Å². The number of benzene rings is 1. The lowest BCUT2D eigenvalue weighted by Crippen LogP contribution is -2.30. The van der Waals surface area contributed by atoms with Crippen LogP contribution in [0.25, 0.3) is 0 Å². The Balaban J connectivity index is 2.43. The van der Waals surface area contributed by atoms with Gasteiger partial charge in [0.15, 0.2) is 0 Å². The van der Waals surface area contributed by atoms with Gasteiger partial charge in [-0.25, -0.2) is 0 Å². The predicted octanol–water partition coefficient (Wildman–Crippen LogP) is 2.77. The largest absolute Gasteiger partial charge is 0.481 e. The summed E-state index contributed by atoms with van der Waals surface area (Å²) < 4.78 is 0. The molecule has 20 heavy (non-hydrogen) atoms.